The molecule has 0 aliphatic heterocycles. The number of carboxylic acids is 2. The average Bonchev–Trinajstić information content (AvgIpc) is 0.894. The molecule has 2 radical (unpaired) electrons. The third-order valence-electron chi connectivity index (χ3n) is 14.7. The number of ether oxygens (including phenoxy) is 1. The number of rotatable bonds is 55. The van der Waals surface area contributed by atoms with Crippen molar-refractivity contribution in [2.24, 2.45) is 0 Å². The van der Waals surface area contributed by atoms with Gasteiger partial charge < -0.3 is 44.0 Å². The molecule has 0 rings (SSSR count). The van der Waals surface area contributed by atoms with E-state index in [0.29, 0.717) is 70.5 Å². The van der Waals surface area contributed by atoms with Crippen molar-refractivity contribution >= 4 is 597 Å². The number of allylic oxidation sites excluding steroid dienone is 12. The largest absolute Gasteiger partial charge is 1.00 e. The molecule has 0 aromatic rings. The Labute approximate surface area is 1030 Å². The molecule has 0 saturated carbocycles. The maximum absolute atomic E-state index is 11.7. The second-order valence-corrected chi connectivity index (χ2v) is 66.2. The van der Waals surface area contributed by atoms with E-state index >= 15 is 0 Å². The SMILES string of the molecule is CC/C=C\C/C=C\C/C=C\C/C=C\C/C=C\C/C=C\CCC(=O)O.CCC(I)C(I)CC(I)C(I)CC(I)C(I)CC(I)C(I)CC(I)C(I)CC(I)C(I)CCC(=O)O.CCO.CCOC(=O)CCC(I)C(I)CC(I)C(I)CC(I)C(I)CC(I)C(I)CC(I)C(I)CC(I)C(I)CC.[Cl][Sn][Cl].[I-].[Na+]. The monoisotopic (exact) mass is 4440 g/mol. The topological polar surface area (TPSA) is 121 Å². The number of halogens is 27. The number of carbonyl (C=O) groups is 3. The average molecular weight is 4440 g/mol. The first-order valence-electron chi connectivity index (χ1n) is 34.3. The maximum atomic E-state index is 11.7. The first-order valence-corrected chi connectivity index (χ1v) is 71.4. The summed E-state index contributed by atoms with van der Waals surface area (Å²) in [5, 5.41) is 25.0. The zero-order chi connectivity index (χ0) is 80.9. The van der Waals surface area contributed by atoms with Crippen LogP contribution in [0.25, 0.3) is 0 Å². The van der Waals surface area contributed by atoms with Gasteiger partial charge in [0.15, 0.2) is 0 Å². The summed E-state index contributed by atoms with van der Waals surface area (Å²) in [7, 11) is 9.87. The summed E-state index contributed by atoms with van der Waals surface area (Å²) in [5.74, 6) is -1.48. The van der Waals surface area contributed by atoms with E-state index in [1.54, 1.807) is 6.92 Å². The van der Waals surface area contributed by atoms with Gasteiger partial charge in [-0.1, -0.05) is 636 Å². The Morgan fingerprint density at radius 3 is 0.689 bits per heavy atom. The van der Waals surface area contributed by atoms with Crippen LogP contribution in [0.5, 0.6) is 0 Å². The fourth-order valence-electron chi connectivity index (χ4n) is 8.57. The Hall–Kier alpha value is 17.4. The molecule has 36 heteroatoms. The Kier molecular flexibility index (Phi) is 121. The molecule has 3 N–H and O–H groups in total. The minimum atomic E-state index is -0.826. The molecule has 106 heavy (non-hydrogen) atoms. The fourth-order valence-corrected chi connectivity index (χ4v) is 37.5. The molecular weight excluding hydrogens is 4340 g/mol. The minimum absolute atomic E-state index is 0. The van der Waals surface area contributed by atoms with Crippen molar-refractivity contribution in [3.8, 4) is 0 Å². The van der Waals surface area contributed by atoms with Crippen LogP contribution in [0.15, 0.2) is 72.9 Å². The van der Waals surface area contributed by atoms with Gasteiger partial charge in [0, 0.05) is 120 Å². The van der Waals surface area contributed by atoms with Crippen LogP contribution in [0.1, 0.15) is 189 Å². The smallest absolute Gasteiger partial charge is 1.00 e. The number of aliphatic carboxylic acids is 2. The molecule has 0 aromatic carbocycles. The first kappa shape index (κ1) is 136. The van der Waals surface area contributed by atoms with Gasteiger partial charge in [-0.3, -0.25) is 14.4 Å². The summed E-state index contributed by atoms with van der Waals surface area (Å²) in [4.78, 5) is 32.9. The molecule has 0 bridgehead atoms. The van der Waals surface area contributed by atoms with Crippen LogP contribution in [0.4, 0.5) is 0 Å². The number of aliphatic hydroxyl groups excluding tert-OH is 1. The summed E-state index contributed by atoms with van der Waals surface area (Å²) in [6, 6.07) is 0. The van der Waals surface area contributed by atoms with Crippen LogP contribution in [0.3, 0.4) is 0 Å². The second-order valence-electron chi connectivity index (χ2n) is 23.6. The van der Waals surface area contributed by atoms with Crippen LogP contribution in [-0.4, -0.2) is 160 Å². The molecule has 0 aliphatic carbocycles. The van der Waals surface area contributed by atoms with Crippen molar-refractivity contribution in [1.82, 2.24) is 0 Å². The molecule has 7 nitrogen and oxygen atoms in total. The van der Waals surface area contributed by atoms with E-state index in [-0.39, 0.29) is 79.0 Å². The molecule has 0 aromatic heterocycles. The number of alkyl halides is 24. The maximum Gasteiger partial charge on any atom is 1.00 e. The normalized spacial score (nSPS) is 18.7. The third kappa shape index (κ3) is 85.6. The van der Waals surface area contributed by atoms with Gasteiger partial charge in [0.2, 0.25) is 0 Å². The van der Waals surface area contributed by atoms with E-state index in [2.05, 4.69) is 624 Å². The van der Waals surface area contributed by atoms with E-state index in [1.807, 2.05) is 19.1 Å². The van der Waals surface area contributed by atoms with E-state index in [0.717, 1.165) is 101 Å². The van der Waals surface area contributed by atoms with Gasteiger partial charge in [-0.25, -0.2) is 0 Å². The van der Waals surface area contributed by atoms with Crippen molar-refractivity contribution in [3.05, 3.63) is 72.9 Å². The Morgan fingerprint density at radius 1 is 0.321 bits per heavy atom. The Bertz CT molecular complexity index is 2240. The van der Waals surface area contributed by atoms with Crippen molar-refractivity contribution in [1.29, 1.82) is 0 Å². The summed E-state index contributed by atoms with van der Waals surface area (Å²) >= 11 is 63.3. The standard InChI is InChI=1S/C24H36I12O2.C22H32I12O2.C22H32O2.C2H6O.2ClH.HI.Na.Sn/c1-3-12(25)14(27)7-16(29)18(31)9-20(33)22(35)11-23(36)21(34)10-19(32)17(30)8-15(28)13(26)5-6-24(37)38-4-2;1-2-10(23)12(25)5-14(27)16(29)7-18(31)20(33)9-21(34)19(32)8-17(30)15(28)6-13(26)11(24)3-4-22(35)36;1-2-3-4-5-6-7-8-9-10-11-12-13-14-15-16-17-18-19-20-21-22(23)24;1-2-3;;;;;/h12-23H,3-11H2,1-2H3;10-21H,2-9H2,1H3,(H,35,36);3-4,6-7,9-10,12-13,15-16,18-19H,2,5,8,11,14,17,20-21H2,1H3,(H,23,24);3H,2H2,1H3;3*1H;;/q;;;;;;;+1;+2/p-3/b;;4-3-,7-6-,10-9-,13-12-,16-15-,19-18-;;;;;;. The zero-order valence-electron chi connectivity index (χ0n) is 60.3. The van der Waals surface area contributed by atoms with Crippen LogP contribution < -0.4 is 53.5 Å². The van der Waals surface area contributed by atoms with Gasteiger partial charge in [-0.15, -0.1) is 0 Å². The van der Waals surface area contributed by atoms with E-state index in [4.69, 9.17) is 37.9 Å². The molecule has 0 saturated heterocycles. The van der Waals surface area contributed by atoms with Gasteiger partial charge in [0.05, 0.1) is 6.61 Å². The summed E-state index contributed by atoms with van der Waals surface area (Å²) in [5.41, 5.74) is 0. The summed E-state index contributed by atoms with van der Waals surface area (Å²) in [6.07, 6.45) is 50.2. The minimum Gasteiger partial charge on any atom is -1.00 e. The van der Waals surface area contributed by atoms with Gasteiger partial charge in [0.1, 0.15) is 0 Å². The number of carbonyl (C=O) groups excluding carboxylic acids is 1. The van der Waals surface area contributed by atoms with E-state index in [9.17, 15) is 14.4 Å². The van der Waals surface area contributed by atoms with Gasteiger partial charge in [0.25, 0.3) is 0 Å². The van der Waals surface area contributed by atoms with Gasteiger partial charge in [-0.05, 0) is 149 Å². The fraction of sp³-hybridized carbons (Fsp3) is 0.786. The number of aliphatic hydroxyl groups is 1. The molecule has 0 aliphatic rings. The number of hydrogen-bond donors (Lipinski definition) is 3. The molecule has 622 valence electrons. The molecule has 0 amide bonds. The number of esters is 1. The summed E-state index contributed by atoms with van der Waals surface area (Å²) in [6.45, 7) is 11.0. The summed E-state index contributed by atoms with van der Waals surface area (Å²) < 4.78 is 21.5. The predicted molar refractivity (Wildman–Crippen MR) is 672 cm³/mol. The van der Waals surface area contributed by atoms with Crippen molar-refractivity contribution in [2.75, 3.05) is 13.2 Å². The number of hydrogen-bond acceptors (Lipinski definition) is 5. The van der Waals surface area contributed by atoms with E-state index < -0.39 is 30.8 Å². The Balaban J connectivity index is -0.000000270. The quantitative estimate of drug-likeness (QED) is 0.0182. The van der Waals surface area contributed by atoms with Crippen LogP contribution in [0.2, 0.25) is 0 Å². The first-order chi connectivity index (χ1) is 48.8. The van der Waals surface area contributed by atoms with Crippen LogP contribution in [-0.2, 0) is 19.1 Å². The number of carboxylic acid groups (broad SMARTS) is 2. The molecular formula is C70H106Cl2I25NaO7Sn. The zero-order valence-corrected chi connectivity index (χ0v) is 121. The van der Waals surface area contributed by atoms with Crippen LogP contribution in [0, 0.1) is 0 Å². The van der Waals surface area contributed by atoms with Crippen molar-refractivity contribution < 1.29 is 88.0 Å². The molecule has 24 unspecified atom stereocenters. The molecule has 0 spiro atoms. The van der Waals surface area contributed by atoms with E-state index in [1.165, 1.54) is 70.6 Å². The third-order valence-corrected chi connectivity index (χ3v) is 65.2. The van der Waals surface area contributed by atoms with Gasteiger partial charge in [-0.2, -0.15) is 0 Å². The van der Waals surface area contributed by atoms with Crippen molar-refractivity contribution in [3.63, 3.8) is 0 Å². The Morgan fingerprint density at radius 2 is 0.500 bits per heavy atom. The molecule has 0 heterocycles. The predicted octanol–water partition coefficient (Wildman–Crippen LogP) is 27.7. The molecule has 0 fully saturated rings. The van der Waals surface area contributed by atoms with Gasteiger partial charge >= 0.3 is 84.2 Å². The second kappa shape index (κ2) is 94.2. The molecule has 24 atom stereocenters. The van der Waals surface area contributed by atoms with Crippen LogP contribution >= 0.6 is 560 Å². The van der Waals surface area contributed by atoms with Crippen molar-refractivity contribution in [2.45, 2.75) is 283 Å².